The number of phenols is 1. The van der Waals surface area contributed by atoms with Crippen LogP contribution in [-0.4, -0.2) is 21.9 Å². The fourth-order valence-electron chi connectivity index (χ4n) is 5.46. The van der Waals surface area contributed by atoms with Crippen molar-refractivity contribution in [2.45, 2.75) is 24.7 Å². The zero-order valence-electron chi connectivity index (χ0n) is 18.9. The minimum Gasteiger partial charge on any atom is -0.508 e. The number of benzene rings is 3. The number of hydrogen-bond acceptors (Lipinski definition) is 4. The van der Waals surface area contributed by atoms with Crippen molar-refractivity contribution in [2.24, 2.45) is 5.92 Å². The van der Waals surface area contributed by atoms with Gasteiger partial charge in [-0.25, -0.2) is 0 Å². The van der Waals surface area contributed by atoms with Gasteiger partial charge in [0.15, 0.2) is 0 Å². The number of imide groups is 1. The van der Waals surface area contributed by atoms with Crippen LogP contribution in [0.25, 0.3) is 0 Å². The van der Waals surface area contributed by atoms with Gasteiger partial charge in [0.1, 0.15) is 5.75 Å². The van der Waals surface area contributed by atoms with E-state index in [4.69, 9.17) is 0 Å². The number of carbonyl (C=O) groups is 2. The summed E-state index contributed by atoms with van der Waals surface area (Å²) in [6.07, 6.45) is 4.10. The predicted octanol–water partition coefficient (Wildman–Crippen LogP) is 5.25. The van der Waals surface area contributed by atoms with Gasteiger partial charge in [0.25, 0.3) is 11.8 Å². The second-order valence-corrected chi connectivity index (χ2v) is 8.88. The molecule has 3 atom stereocenters. The summed E-state index contributed by atoms with van der Waals surface area (Å²) < 4.78 is 0. The number of aromatic hydroxyl groups is 1. The van der Waals surface area contributed by atoms with Crippen LogP contribution in [0.2, 0.25) is 0 Å². The summed E-state index contributed by atoms with van der Waals surface area (Å²) >= 11 is 0. The maximum Gasteiger partial charge on any atom is 0.260 e. The molecule has 1 saturated heterocycles. The number of nitrogens with one attached hydrogen (secondary N) is 1. The second-order valence-electron chi connectivity index (χ2n) is 8.88. The highest BCUT2D eigenvalue weighted by Crippen LogP contribution is 2.58. The molecule has 0 saturated carbocycles. The largest absolute Gasteiger partial charge is 0.508 e. The molecule has 3 aromatic carbocycles. The van der Waals surface area contributed by atoms with Gasteiger partial charge < -0.3 is 5.11 Å². The van der Waals surface area contributed by atoms with Gasteiger partial charge in [-0.2, -0.15) is 5.01 Å². The molecule has 2 aliphatic rings. The molecular formula is C29H26N2O3. The molecule has 2 amide bonds. The van der Waals surface area contributed by atoms with Crippen molar-refractivity contribution < 1.29 is 14.7 Å². The summed E-state index contributed by atoms with van der Waals surface area (Å²) in [4.78, 5) is 28.2. The van der Waals surface area contributed by atoms with E-state index in [2.05, 4.69) is 12.0 Å². The number of hydrazine groups is 1. The van der Waals surface area contributed by atoms with Gasteiger partial charge in [0.05, 0.1) is 17.0 Å². The summed E-state index contributed by atoms with van der Waals surface area (Å²) in [6, 6.07) is 24.0. The topological polar surface area (TPSA) is 69.6 Å². The summed E-state index contributed by atoms with van der Waals surface area (Å²) in [6.45, 7) is 5.97. The van der Waals surface area contributed by atoms with E-state index in [1.54, 1.807) is 18.2 Å². The number of amides is 2. The molecule has 5 rings (SSSR count). The molecule has 2 N–H and O–H groups in total. The van der Waals surface area contributed by atoms with Gasteiger partial charge in [-0.1, -0.05) is 85.0 Å². The molecule has 0 bridgehead atoms. The van der Waals surface area contributed by atoms with E-state index in [0.29, 0.717) is 17.7 Å². The number of fused-ring (bicyclic) bond motifs is 1. The number of nitrogens with zero attached hydrogens (tertiary/aromatic N) is 1. The zero-order valence-corrected chi connectivity index (χ0v) is 18.9. The Labute approximate surface area is 199 Å². The lowest BCUT2D eigenvalue weighted by Crippen LogP contribution is -2.48. The van der Waals surface area contributed by atoms with Crippen LogP contribution in [0.3, 0.4) is 0 Å². The lowest BCUT2D eigenvalue weighted by molar-refractivity contribution is -0.138. The van der Waals surface area contributed by atoms with Crippen LogP contribution in [-0.2, 0) is 15.0 Å². The van der Waals surface area contributed by atoms with E-state index >= 15 is 0 Å². The molecule has 0 spiro atoms. The number of carbonyl (C=O) groups excluding carboxylic acids is 2. The van der Waals surface area contributed by atoms with Crippen molar-refractivity contribution in [3.05, 3.63) is 120 Å². The third-order valence-electron chi connectivity index (χ3n) is 7.03. The van der Waals surface area contributed by atoms with Gasteiger partial charge in [-0.15, -0.1) is 0 Å². The average molecular weight is 451 g/mol. The Bertz CT molecular complexity index is 1300. The van der Waals surface area contributed by atoms with Crippen molar-refractivity contribution >= 4 is 17.5 Å². The molecule has 1 heterocycles. The van der Waals surface area contributed by atoms with Crippen LogP contribution in [0.5, 0.6) is 5.75 Å². The Morgan fingerprint density at radius 3 is 2.35 bits per heavy atom. The first-order valence-corrected chi connectivity index (χ1v) is 11.4. The number of allylic oxidation sites excluding steroid dienone is 3. The number of para-hydroxylation sites is 1. The van der Waals surface area contributed by atoms with Gasteiger partial charge in [-0.3, -0.25) is 15.0 Å². The van der Waals surface area contributed by atoms with Crippen molar-refractivity contribution in [3.8, 4) is 5.75 Å². The third-order valence-corrected chi connectivity index (χ3v) is 7.03. The molecule has 170 valence electrons. The highest BCUT2D eigenvalue weighted by molar-refractivity contribution is 6.12. The molecular weight excluding hydrogens is 424 g/mol. The van der Waals surface area contributed by atoms with Crippen molar-refractivity contribution in [1.82, 2.24) is 5.01 Å². The first kappa shape index (κ1) is 21.7. The van der Waals surface area contributed by atoms with Crippen molar-refractivity contribution in [1.29, 1.82) is 0 Å². The molecule has 3 unspecified atom stereocenters. The van der Waals surface area contributed by atoms with E-state index in [-0.39, 0.29) is 17.6 Å². The molecule has 1 fully saturated rings. The monoisotopic (exact) mass is 450 g/mol. The van der Waals surface area contributed by atoms with E-state index < -0.39 is 17.3 Å². The molecule has 0 radical (unpaired) electrons. The van der Waals surface area contributed by atoms with Gasteiger partial charge in [0, 0.05) is 11.5 Å². The normalized spacial score (nSPS) is 23.9. The van der Waals surface area contributed by atoms with Gasteiger partial charge in [-0.05, 0) is 42.7 Å². The number of anilines is 1. The predicted molar refractivity (Wildman–Crippen MR) is 132 cm³/mol. The highest BCUT2D eigenvalue weighted by Gasteiger charge is 2.66. The number of aryl methyl sites for hydroxylation is 1. The minimum absolute atomic E-state index is 0.0846. The smallest absolute Gasteiger partial charge is 0.260 e. The minimum atomic E-state index is -1.23. The van der Waals surface area contributed by atoms with E-state index in [1.807, 2.05) is 79.7 Å². The van der Waals surface area contributed by atoms with Crippen LogP contribution in [0, 0.1) is 12.8 Å². The van der Waals surface area contributed by atoms with Crippen molar-refractivity contribution in [2.75, 3.05) is 5.43 Å². The quantitative estimate of drug-likeness (QED) is 0.521. The molecule has 1 aliphatic carbocycles. The van der Waals surface area contributed by atoms with Crippen molar-refractivity contribution in [3.63, 3.8) is 0 Å². The number of rotatable bonds is 5. The molecule has 1 aliphatic heterocycles. The molecule has 34 heavy (non-hydrogen) atoms. The van der Waals surface area contributed by atoms with Gasteiger partial charge >= 0.3 is 0 Å². The average Bonchev–Trinajstić information content (AvgIpc) is 3.08. The van der Waals surface area contributed by atoms with Crippen LogP contribution in [0.4, 0.5) is 5.69 Å². The van der Waals surface area contributed by atoms with Crippen LogP contribution >= 0.6 is 0 Å². The first-order chi connectivity index (χ1) is 16.5. The Hall–Kier alpha value is -4.12. The van der Waals surface area contributed by atoms with Crippen LogP contribution < -0.4 is 5.43 Å². The summed E-state index contributed by atoms with van der Waals surface area (Å²) in [5.41, 5.74) is 5.73. The molecule has 5 heteroatoms. The third kappa shape index (κ3) is 3.16. The van der Waals surface area contributed by atoms with E-state index in [0.717, 1.165) is 21.7 Å². The lowest BCUT2D eigenvalue weighted by Gasteiger charge is -2.43. The first-order valence-electron chi connectivity index (χ1n) is 11.4. The summed E-state index contributed by atoms with van der Waals surface area (Å²) in [5.74, 6) is -1.74. The Morgan fingerprint density at radius 2 is 1.68 bits per heavy atom. The maximum atomic E-state index is 14.4. The SMILES string of the molecule is C=CC1=CCC2C(=O)N(Nc3ccc(C)cc3)C(=O)C2(c2ccccc2)C1c1ccccc1O. The molecule has 3 aromatic rings. The van der Waals surface area contributed by atoms with E-state index in [1.165, 1.54) is 0 Å². The van der Waals surface area contributed by atoms with E-state index in [9.17, 15) is 14.7 Å². The van der Waals surface area contributed by atoms with Crippen LogP contribution in [0.15, 0.2) is 103 Å². The maximum absolute atomic E-state index is 14.4. The highest BCUT2D eigenvalue weighted by atomic mass is 16.3. The Balaban J connectivity index is 1.73. The Morgan fingerprint density at radius 1 is 1.00 bits per heavy atom. The molecule has 5 nitrogen and oxygen atoms in total. The molecule has 0 aromatic heterocycles. The standard InChI is InChI=1S/C29H26N2O3/c1-3-20-15-18-24-27(33)31(30-22-16-13-19(2)14-17-22)28(34)29(24,21-9-5-4-6-10-21)26(20)23-11-7-8-12-25(23)32/h3-17,24,26,30,32H,1,18H2,2H3. The number of phenolic OH excluding ortho intramolecular Hbond substituents is 1. The fourth-order valence-corrected chi connectivity index (χ4v) is 5.46. The number of hydrogen-bond donors (Lipinski definition) is 2. The van der Waals surface area contributed by atoms with Crippen LogP contribution in [0.1, 0.15) is 29.0 Å². The second kappa shape index (κ2) is 8.34. The summed E-state index contributed by atoms with van der Waals surface area (Å²) in [7, 11) is 0. The Kier molecular flexibility index (Phi) is 5.33. The fraction of sp³-hybridized carbons (Fsp3) is 0.172. The lowest BCUT2D eigenvalue weighted by atomic mass is 9.56. The summed E-state index contributed by atoms with van der Waals surface area (Å²) in [5, 5.41) is 12.0. The zero-order chi connectivity index (χ0) is 23.9. The van der Waals surface area contributed by atoms with Gasteiger partial charge in [0.2, 0.25) is 0 Å².